The van der Waals surface area contributed by atoms with Crippen molar-refractivity contribution >= 4 is 28.5 Å². The van der Waals surface area contributed by atoms with Gasteiger partial charge in [-0.1, -0.05) is 13.0 Å². The summed E-state index contributed by atoms with van der Waals surface area (Å²) in [7, 11) is 1.47. The first-order valence-electron chi connectivity index (χ1n) is 12.9. The number of nitrogens with zero attached hydrogens (tertiary/aromatic N) is 4. The predicted octanol–water partition coefficient (Wildman–Crippen LogP) is 3.11. The molecule has 0 aliphatic heterocycles. The number of rotatable bonds is 9. The van der Waals surface area contributed by atoms with Crippen molar-refractivity contribution in [3.05, 3.63) is 92.3 Å². The maximum atomic E-state index is 14.9. The van der Waals surface area contributed by atoms with Gasteiger partial charge in [0.2, 0.25) is 0 Å². The fourth-order valence-corrected chi connectivity index (χ4v) is 4.56. The molecule has 3 N–H and O–H groups in total. The Kier molecular flexibility index (Phi) is 8.64. The molecule has 0 aliphatic carbocycles. The van der Waals surface area contributed by atoms with Crippen molar-refractivity contribution < 1.29 is 32.3 Å². The smallest absolute Gasteiger partial charge is 0.408 e. The maximum absolute atomic E-state index is 14.9. The molecule has 0 radical (unpaired) electrons. The van der Waals surface area contributed by atoms with Crippen molar-refractivity contribution in [1.29, 1.82) is 0 Å². The number of carboxylic acid groups (broad SMARTS) is 1. The van der Waals surface area contributed by atoms with Crippen molar-refractivity contribution in [2.75, 3.05) is 5.32 Å². The summed E-state index contributed by atoms with van der Waals surface area (Å²) in [5.41, 5.74) is -1.39. The SMILES string of the molecule is CCC(Nc1cc(C)c(C(=O)NC(Cc2ccc(-n3c(=O)c4ccncc4n(C)c3=O)nc2)C(=O)O)c(F)c1)C(F)(F)F. The first-order valence-corrected chi connectivity index (χ1v) is 12.9. The Morgan fingerprint density at radius 3 is 2.42 bits per heavy atom. The normalized spacial score (nSPS) is 13.0. The van der Waals surface area contributed by atoms with Gasteiger partial charge < -0.3 is 15.7 Å². The van der Waals surface area contributed by atoms with Gasteiger partial charge in [-0.05, 0) is 48.7 Å². The number of carbonyl (C=O) groups is 2. The molecule has 2 unspecified atom stereocenters. The maximum Gasteiger partial charge on any atom is 0.408 e. The minimum atomic E-state index is -4.57. The Morgan fingerprint density at radius 1 is 1.12 bits per heavy atom. The standard InChI is InChI=1S/C28H26F4N6O5/c1-4-21(28(30,31)32)35-16-9-14(2)23(18(29)11-16)24(39)36-19(26(41)42)10-15-5-6-22(34-12-15)38-25(40)17-7-8-33-13-20(17)37(3)27(38)43/h5-9,11-13,19,21,35H,4,10H2,1-3H3,(H,36,39)(H,41,42). The molecular formula is C28H26F4N6O5. The van der Waals surface area contributed by atoms with E-state index in [0.29, 0.717) is 11.1 Å². The van der Waals surface area contributed by atoms with Gasteiger partial charge in [0.05, 0.1) is 22.7 Å². The number of aromatic nitrogens is 4. The van der Waals surface area contributed by atoms with Crippen LogP contribution in [-0.2, 0) is 18.3 Å². The van der Waals surface area contributed by atoms with Gasteiger partial charge in [-0.25, -0.2) is 23.5 Å². The number of carboxylic acids is 1. The molecule has 0 saturated carbocycles. The van der Waals surface area contributed by atoms with E-state index in [0.717, 1.165) is 10.6 Å². The lowest BCUT2D eigenvalue weighted by Gasteiger charge is -2.22. The minimum absolute atomic E-state index is 0.00891. The second kappa shape index (κ2) is 12.0. The fraction of sp³-hybridized carbons (Fsp3) is 0.286. The van der Waals surface area contributed by atoms with E-state index >= 15 is 0 Å². The highest BCUT2D eigenvalue weighted by molar-refractivity contribution is 5.98. The van der Waals surface area contributed by atoms with Crippen molar-refractivity contribution in [1.82, 2.24) is 24.4 Å². The van der Waals surface area contributed by atoms with Crippen LogP contribution in [0.5, 0.6) is 0 Å². The van der Waals surface area contributed by atoms with Crippen LogP contribution in [0.25, 0.3) is 16.7 Å². The summed E-state index contributed by atoms with van der Waals surface area (Å²) < 4.78 is 56.3. The van der Waals surface area contributed by atoms with Gasteiger partial charge in [-0.2, -0.15) is 13.2 Å². The van der Waals surface area contributed by atoms with Crippen LogP contribution in [0.4, 0.5) is 23.2 Å². The van der Waals surface area contributed by atoms with Crippen LogP contribution in [0, 0.1) is 12.7 Å². The van der Waals surface area contributed by atoms with E-state index in [1.807, 2.05) is 0 Å². The molecule has 0 saturated heterocycles. The van der Waals surface area contributed by atoms with Gasteiger partial charge >= 0.3 is 17.8 Å². The number of pyridine rings is 2. The number of amides is 1. The molecule has 11 nitrogen and oxygen atoms in total. The summed E-state index contributed by atoms with van der Waals surface area (Å²) in [4.78, 5) is 58.7. The zero-order valence-corrected chi connectivity index (χ0v) is 23.1. The Labute approximate surface area is 240 Å². The third-order valence-corrected chi connectivity index (χ3v) is 6.81. The molecule has 1 aromatic carbocycles. The van der Waals surface area contributed by atoms with Crippen LogP contribution in [0.2, 0.25) is 0 Å². The number of anilines is 1. The lowest BCUT2D eigenvalue weighted by molar-refractivity contribution is -0.143. The van der Waals surface area contributed by atoms with E-state index in [9.17, 15) is 41.8 Å². The molecule has 0 aliphatic rings. The number of benzene rings is 1. The molecule has 4 aromatic rings. The number of aryl methyl sites for hydroxylation is 2. The summed E-state index contributed by atoms with van der Waals surface area (Å²) in [6, 6.07) is 2.65. The molecule has 2 atom stereocenters. The molecule has 0 fully saturated rings. The first-order chi connectivity index (χ1) is 20.2. The van der Waals surface area contributed by atoms with E-state index in [1.165, 1.54) is 68.3 Å². The molecule has 1 amide bonds. The van der Waals surface area contributed by atoms with E-state index in [1.54, 1.807) is 0 Å². The van der Waals surface area contributed by atoms with Gasteiger partial charge in [0.25, 0.3) is 11.5 Å². The van der Waals surface area contributed by atoms with Gasteiger partial charge in [-0.15, -0.1) is 0 Å². The summed E-state index contributed by atoms with van der Waals surface area (Å²) in [6.45, 7) is 2.62. The molecule has 3 heterocycles. The predicted molar refractivity (Wildman–Crippen MR) is 148 cm³/mol. The zero-order valence-electron chi connectivity index (χ0n) is 23.1. The van der Waals surface area contributed by atoms with Crippen molar-refractivity contribution in [3.63, 3.8) is 0 Å². The molecule has 43 heavy (non-hydrogen) atoms. The van der Waals surface area contributed by atoms with Crippen LogP contribution in [0.15, 0.2) is 58.5 Å². The number of hydrogen-bond acceptors (Lipinski definition) is 7. The molecule has 0 spiro atoms. The number of alkyl halides is 3. The Hall–Kier alpha value is -5.08. The summed E-state index contributed by atoms with van der Waals surface area (Å²) in [5, 5.41) is 14.4. The number of hydrogen-bond donors (Lipinski definition) is 3. The number of fused-ring (bicyclic) bond motifs is 1. The van der Waals surface area contributed by atoms with Crippen LogP contribution < -0.4 is 21.9 Å². The van der Waals surface area contributed by atoms with Crippen molar-refractivity contribution in [2.24, 2.45) is 7.05 Å². The van der Waals surface area contributed by atoms with Crippen LogP contribution in [-0.4, -0.2) is 54.3 Å². The third-order valence-electron chi connectivity index (χ3n) is 6.81. The summed E-state index contributed by atoms with van der Waals surface area (Å²) in [6.07, 6.45) is -1.16. The Bertz CT molecular complexity index is 1800. The molecule has 226 valence electrons. The zero-order chi connectivity index (χ0) is 31.6. The summed E-state index contributed by atoms with van der Waals surface area (Å²) >= 11 is 0. The number of carbonyl (C=O) groups excluding carboxylic acids is 1. The van der Waals surface area contributed by atoms with Gasteiger partial charge in [0.15, 0.2) is 0 Å². The topological polar surface area (TPSA) is 148 Å². The van der Waals surface area contributed by atoms with E-state index in [2.05, 4.69) is 20.6 Å². The fourth-order valence-electron chi connectivity index (χ4n) is 4.56. The van der Waals surface area contributed by atoms with Crippen molar-refractivity contribution in [3.8, 4) is 5.82 Å². The molecule has 0 bridgehead atoms. The second-order valence-electron chi connectivity index (χ2n) is 9.76. The van der Waals surface area contributed by atoms with E-state index in [-0.39, 0.29) is 35.3 Å². The van der Waals surface area contributed by atoms with Crippen LogP contribution in [0.3, 0.4) is 0 Å². The molecule has 4 rings (SSSR count). The number of halogens is 4. The van der Waals surface area contributed by atoms with Gasteiger partial charge in [0, 0.05) is 31.5 Å². The highest BCUT2D eigenvalue weighted by Gasteiger charge is 2.38. The molecule has 3 aromatic heterocycles. The van der Waals surface area contributed by atoms with Crippen molar-refractivity contribution in [2.45, 2.75) is 44.9 Å². The van der Waals surface area contributed by atoms with Crippen LogP contribution >= 0.6 is 0 Å². The average molecular weight is 603 g/mol. The average Bonchev–Trinajstić information content (AvgIpc) is 2.94. The third kappa shape index (κ3) is 6.39. The second-order valence-corrected chi connectivity index (χ2v) is 9.76. The number of nitrogens with one attached hydrogen (secondary N) is 2. The quantitative estimate of drug-likeness (QED) is 0.248. The molecular weight excluding hydrogens is 576 g/mol. The Morgan fingerprint density at radius 2 is 1.84 bits per heavy atom. The Balaban J connectivity index is 1.54. The largest absolute Gasteiger partial charge is 0.480 e. The number of aliphatic carboxylic acids is 1. The summed E-state index contributed by atoms with van der Waals surface area (Å²) in [5.74, 6) is -3.68. The van der Waals surface area contributed by atoms with E-state index < -0.39 is 52.8 Å². The van der Waals surface area contributed by atoms with E-state index in [4.69, 9.17) is 0 Å². The highest BCUT2D eigenvalue weighted by Crippen LogP contribution is 2.28. The van der Waals surface area contributed by atoms with Gasteiger partial charge in [0.1, 0.15) is 23.7 Å². The minimum Gasteiger partial charge on any atom is -0.480 e. The lowest BCUT2D eigenvalue weighted by atomic mass is 10.0. The lowest BCUT2D eigenvalue weighted by Crippen LogP contribution is -2.43. The monoisotopic (exact) mass is 602 g/mol. The van der Waals surface area contributed by atoms with Crippen LogP contribution in [0.1, 0.15) is 34.8 Å². The molecule has 15 heteroatoms. The first kappa shape index (κ1) is 30.9. The van der Waals surface area contributed by atoms with Gasteiger partial charge in [-0.3, -0.25) is 19.1 Å². The highest BCUT2D eigenvalue weighted by atomic mass is 19.4.